The summed E-state index contributed by atoms with van der Waals surface area (Å²) in [5.41, 5.74) is 1.18. The molecule has 2 aliphatic rings. The summed E-state index contributed by atoms with van der Waals surface area (Å²) in [6.45, 7) is 8.24. The van der Waals surface area contributed by atoms with Crippen LogP contribution in [0.3, 0.4) is 0 Å². The van der Waals surface area contributed by atoms with E-state index in [-0.39, 0.29) is 11.8 Å². The molecule has 0 radical (unpaired) electrons. The molecule has 0 bridgehead atoms. The Kier molecular flexibility index (Phi) is 6.57. The summed E-state index contributed by atoms with van der Waals surface area (Å²) in [6, 6.07) is 5.99. The zero-order chi connectivity index (χ0) is 17.6. The maximum Gasteiger partial charge on any atom is 0.228 e. The van der Waals surface area contributed by atoms with Crippen LogP contribution in [0.2, 0.25) is 5.02 Å². The van der Waals surface area contributed by atoms with Gasteiger partial charge >= 0.3 is 0 Å². The molecule has 0 spiro atoms. The molecule has 25 heavy (non-hydrogen) atoms. The smallest absolute Gasteiger partial charge is 0.228 e. The lowest BCUT2D eigenvalue weighted by atomic mass is 10.1. The van der Waals surface area contributed by atoms with E-state index in [4.69, 9.17) is 21.1 Å². The SMILES string of the molecule is CCOc1ccc(CN2CCCN(C(=O)C3CCOC3)CC2)cc1Cl. The van der Waals surface area contributed by atoms with Crippen molar-refractivity contribution in [1.82, 2.24) is 9.80 Å². The molecule has 2 fully saturated rings. The fraction of sp³-hybridized carbons (Fsp3) is 0.632. The predicted octanol–water partition coefficient (Wildman–Crippen LogP) is 2.81. The van der Waals surface area contributed by atoms with E-state index >= 15 is 0 Å². The minimum atomic E-state index is 0.0662. The van der Waals surface area contributed by atoms with E-state index in [2.05, 4.69) is 11.0 Å². The van der Waals surface area contributed by atoms with Gasteiger partial charge < -0.3 is 14.4 Å². The second kappa shape index (κ2) is 8.88. The lowest BCUT2D eigenvalue weighted by Crippen LogP contribution is -2.39. The molecule has 3 rings (SSSR count). The van der Waals surface area contributed by atoms with Gasteiger partial charge in [-0.2, -0.15) is 0 Å². The van der Waals surface area contributed by atoms with Crippen molar-refractivity contribution in [2.75, 3.05) is 46.0 Å². The Morgan fingerprint density at radius 3 is 2.92 bits per heavy atom. The number of amides is 1. The van der Waals surface area contributed by atoms with E-state index in [0.717, 1.165) is 57.9 Å². The van der Waals surface area contributed by atoms with E-state index in [1.807, 2.05) is 24.0 Å². The normalized spacial score (nSPS) is 22.0. The highest BCUT2D eigenvalue weighted by Crippen LogP contribution is 2.26. The highest BCUT2D eigenvalue weighted by molar-refractivity contribution is 6.32. The van der Waals surface area contributed by atoms with Gasteiger partial charge in [0.05, 0.1) is 24.2 Å². The Morgan fingerprint density at radius 1 is 1.32 bits per heavy atom. The first-order valence-electron chi connectivity index (χ1n) is 9.17. The Morgan fingerprint density at radius 2 is 2.20 bits per heavy atom. The molecule has 2 saturated heterocycles. The standard InChI is InChI=1S/C19H27ClN2O3/c1-2-25-18-5-4-15(12-17(18)20)13-21-7-3-8-22(10-9-21)19(23)16-6-11-24-14-16/h4-5,12,16H,2-3,6-11,13-14H2,1H3. The van der Waals surface area contributed by atoms with Crippen LogP contribution in [0, 0.1) is 5.92 Å². The number of carbonyl (C=O) groups excluding carboxylic acids is 1. The van der Waals surface area contributed by atoms with Crippen LogP contribution in [0.1, 0.15) is 25.3 Å². The number of nitrogens with zero attached hydrogens (tertiary/aromatic N) is 2. The zero-order valence-corrected chi connectivity index (χ0v) is 15.6. The molecule has 6 heteroatoms. The number of rotatable bonds is 5. The molecule has 0 aliphatic carbocycles. The van der Waals surface area contributed by atoms with Gasteiger partial charge in [0.2, 0.25) is 5.91 Å². The molecular weight excluding hydrogens is 340 g/mol. The molecule has 2 heterocycles. The van der Waals surface area contributed by atoms with Crippen LogP contribution in [0.4, 0.5) is 0 Å². The summed E-state index contributed by atoms with van der Waals surface area (Å²) in [5, 5.41) is 0.659. The number of ether oxygens (including phenoxy) is 2. The Bertz CT molecular complexity index is 590. The van der Waals surface area contributed by atoms with Gasteiger partial charge in [-0.25, -0.2) is 0 Å². The molecule has 0 aromatic heterocycles. The van der Waals surface area contributed by atoms with Crippen molar-refractivity contribution in [3.63, 3.8) is 0 Å². The van der Waals surface area contributed by atoms with Crippen LogP contribution >= 0.6 is 11.6 Å². The minimum Gasteiger partial charge on any atom is -0.492 e. The Hall–Kier alpha value is -1.30. The highest BCUT2D eigenvalue weighted by atomic mass is 35.5. The summed E-state index contributed by atoms with van der Waals surface area (Å²) >= 11 is 6.29. The van der Waals surface area contributed by atoms with Crippen molar-refractivity contribution >= 4 is 17.5 Å². The minimum absolute atomic E-state index is 0.0662. The van der Waals surface area contributed by atoms with Gasteiger partial charge in [-0.15, -0.1) is 0 Å². The van der Waals surface area contributed by atoms with Gasteiger partial charge in [0.25, 0.3) is 0 Å². The quantitative estimate of drug-likeness (QED) is 0.803. The number of halogens is 1. The van der Waals surface area contributed by atoms with E-state index < -0.39 is 0 Å². The van der Waals surface area contributed by atoms with Gasteiger partial charge in [-0.05, 0) is 37.5 Å². The topological polar surface area (TPSA) is 42.0 Å². The van der Waals surface area contributed by atoms with Crippen LogP contribution in [-0.4, -0.2) is 61.7 Å². The van der Waals surface area contributed by atoms with Crippen LogP contribution in [0.15, 0.2) is 18.2 Å². The first-order chi connectivity index (χ1) is 12.2. The van der Waals surface area contributed by atoms with Gasteiger partial charge in [0.1, 0.15) is 5.75 Å². The molecule has 5 nitrogen and oxygen atoms in total. The summed E-state index contributed by atoms with van der Waals surface area (Å²) in [6.07, 6.45) is 1.87. The molecule has 1 aromatic rings. The van der Waals surface area contributed by atoms with Crippen molar-refractivity contribution in [3.05, 3.63) is 28.8 Å². The third-order valence-electron chi connectivity index (χ3n) is 4.88. The number of benzene rings is 1. The number of carbonyl (C=O) groups is 1. The lowest BCUT2D eigenvalue weighted by molar-refractivity contribution is -0.135. The average Bonchev–Trinajstić information content (AvgIpc) is 3.04. The number of hydrogen-bond acceptors (Lipinski definition) is 4. The van der Waals surface area contributed by atoms with Crippen molar-refractivity contribution in [3.8, 4) is 5.75 Å². The third kappa shape index (κ3) is 4.87. The van der Waals surface area contributed by atoms with Crippen LogP contribution in [-0.2, 0) is 16.1 Å². The zero-order valence-electron chi connectivity index (χ0n) is 14.9. The second-order valence-electron chi connectivity index (χ2n) is 6.71. The molecule has 1 aromatic carbocycles. The van der Waals surface area contributed by atoms with Crippen molar-refractivity contribution in [2.24, 2.45) is 5.92 Å². The monoisotopic (exact) mass is 366 g/mol. The number of hydrogen-bond donors (Lipinski definition) is 0. The fourth-order valence-corrected chi connectivity index (χ4v) is 3.77. The molecule has 0 N–H and O–H groups in total. The van der Waals surface area contributed by atoms with Crippen molar-refractivity contribution in [2.45, 2.75) is 26.3 Å². The molecule has 1 amide bonds. The first-order valence-corrected chi connectivity index (χ1v) is 9.55. The van der Waals surface area contributed by atoms with Gasteiger partial charge in [0, 0.05) is 39.3 Å². The third-order valence-corrected chi connectivity index (χ3v) is 5.18. The maximum atomic E-state index is 12.6. The fourth-order valence-electron chi connectivity index (χ4n) is 3.51. The van der Waals surface area contributed by atoms with Gasteiger partial charge in [-0.1, -0.05) is 17.7 Å². The molecular formula is C19H27ClN2O3. The van der Waals surface area contributed by atoms with Crippen LogP contribution in [0.25, 0.3) is 0 Å². The molecule has 1 atom stereocenters. The van der Waals surface area contributed by atoms with Gasteiger partial charge in [0.15, 0.2) is 0 Å². The summed E-state index contributed by atoms with van der Waals surface area (Å²) in [4.78, 5) is 17.0. The van der Waals surface area contributed by atoms with E-state index in [1.165, 1.54) is 5.56 Å². The predicted molar refractivity (Wildman–Crippen MR) is 98.0 cm³/mol. The largest absolute Gasteiger partial charge is 0.492 e. The Labute approximate surface area is 154 Å². The molecule has 2 aliphatic heterocycles. The lowest BCUT2D eigenvalue weighted by Gasteiger charge is -2.24. The average molecular weight is 367 g/mol. The van der Waals surface area contributed by atoms with E-state index in [1.54, 1.807) is 0 Å². The Balaban J connectivity index is 1.54. The van der Waals surface area contributed by atoms with E-state index in [9.17, 15) is 4.79 Å². The molecule has 138 valence electrons. The molecule has 1 unspecified atom stereocenters. The van der Waals surface area contributed by atoms with E-state index in [0.29, 0.717) is 18.2 Å². The first kappa shape index (κ1) is 18.5. The summed E-state index contributed by atoms with van der Waals surface area (Å²) < 4.78 is 10.8. The molecule has 0 saturated carbocycles. The van der Waals surface area contributed by atoms with Crippen molar-refractivity contribution < 1.29 is 14.3 Å². The van der Waals surface area contributed by atoms with Gasteiger partial charge in [-0.3, -0.25) is 9.69 Å². The van der Waals surface area contributed by atoms with Crippen LogP contribution in [0.5, 0.6) is 5.75 Å². The van der Waals surface area contributed by atoms with Crippen molar-refractivity contribution in [1.29, 1.82) is 0 Å². The maximum absolute atomic E-state index is 12.6. The van der Waals surface area contributed by atoms with Crippen LogP contribution < -0.4 is 4.74 Å². The summed E-state index contributed by atoms with van der Waals surface area (Å²) in [5.74, 6) is 1.07. The second-order valence-corrected chi connectivity index (χ2v) is 7.12. The summed E-state index contributed by atoms with van der Waals surface area (Å²) in [7, 11) is 0. The highest BCUT2D eigenvalue weighted by Gasteiger charge is 2.29.